The number of hydrogen-bond acceptors (Lipinski definition) is 13. The second-order valence-corrected chi connectivity index (χ2v) is 16.2. The van der Waals surface area contributed by atoms with Crippen LogP contribution in [0, 0.1) is 0 Å². The molecule has 12 atom stereocenters. The van der Waals surface area contributed by atoms with Crippen molar-refractivity contribution in [1.29, 1.82) is 0 Å². The summed E-state index contributed by atoms with van der Waals surface area (Å²) < 4.78 is 22.5. The number of amides is 1. The number of allylic oxidation sites excluding steroid dienone is 7. The first-order valence-corrected chi connectivity index (χ1v) is 22.9. The summed E-state index contributed by atoms with van der Waals surface area (Å²) in [5, 5.41) is 86.2. The molecule has 2 heterocycles. The molecule has 0 radical (unpaired) electrons. The molecule has 0 aromatic heterocycles. The molecule has 1 amide bonds. The lowest BCUT2D eigenvalue weighted by Gasteiger charge is -2.46. The fraction of sp³-hybridized carbons (Fsp3) is 0.804. The average molecular weight is 856 g/mol. The van der Waals surface area contributed by atoms with Crippen molar-refractivity contribution in [2.45, 2.75) is 216 Å². The molecule has 2 saturated heterocycles. The van der Waals surface area contributed by atoms with Gasteiger partial charge in [-0.15, -0.1) is 0 Å². The fourth-order valence-corrected chi connectivity index (χ4v) is 7.14. The van der Waals surface area contributed by atoms with Crippen LogP contribution in [0.2, 0.25) is 0 Å². The van der Waals surface area contributed by atoms with Gasteiger partial charge in [0.2, 0.25) is 5.91 Å². The van der Waals surface area contributed by atoms with Crippen LogP contribution in [0.15, 0.2) is 48.6 Å². The number of hydrogen-bond donors (Lipinski definition) is 9. The van der Waals surface area contributed by atoms with Crippen LogP contribution in [0.5, 0.6) is 0 Å². The lowest BCUT2D eigenvalue weighted by molar-refractivity contribution is -0.359. The summed E-state index contributed by atoms with van der Waals surface area (Å²) in [6, 6.07) is -0.932. The highest BCUT2D eigenvalue weighted by atomic mass is 16.7. The molecule has 2 aliphatic rings. The third-order valence-electron chi connectivity index (χ3n) is 11.0. The van der Waals surface area contributed by atoms with Crippen molar-refractivity contribution in [3.63, 3.8) is 0 Å². The van der Waals surface area contributed by atoms with Gasteiger partial charge in [-0.2, -0.15) is 0 Å². The molecule has 14 heteroatoms. The number of aliphatic hydroxyl groups excluding tert-OH is 8. The van der Waals surface area contributed by atoms with Crippen molar-refractivity contribution in [2.24, 2.45) is 0 Å². The van der Waals surface area contributed by atoms with Gasteiger partial charge in [0.25, 0.3) is 0 Å². The highest BCUT2D eigenvalue weighted by molar-refractivity contribution is 5.76. The molecule has 0 aliphatic carbocycles. The van der Waals surface area contributed by atoms with Crippen LogP contribution in [0.1, 0.15) is 142 Å². The normalized spacial score (nSPS) is 28.7. The van der Waals surface area contributed by atoms with E-state index in [1.807, 2.05) is 6.08 Å². The standard InChI is InChI=1S/C46H81NO13/c1-3-5-7-9-11-13-14-15-16-17-18-19-20-21-22-24-26-28-30-38(51)47-34(35(50)29-27-25-23-12-10-8-6-4-2)33-57-45-43(56)41(54)44(37(32-49)59-45)60-46-42(55)40(53)39(52)36(31-48)58-46/h10,12-14,16-17,27,29,34-37,39-46,48-50,52-56H,3-9,11,15,18-26,28,30-33H2,1-2H3,(H,47,51)/b12-10+,14-13-,17-16-,29-27+. The lowest BCUT2D eigenvalue weighted by atomic mass is 9.97. The minimum atomic E-state index is -1.79. The van der Waals surface area contributed by atoms with E-state index in [9.17, 15) is 45.6 Å². The average Bonchev–Trinajstić information content (AvgIpc) is 3.24. The Labute approximate surface area is 359 Å². The van der Waals surface area contributed by atoms with E-state index in [4.69, 9.17) is 18.9 Å². The van der Waals surface area contributed by atoms with E-state index < -0.39 is 86.8 Å². The van der Waals surface area contributed by atoms with Crippen LogP contribution in [-0.2, 0) is 23.7 Å². The van der Waals surface area contributed by atoms with Crippen LogP contribution in [-0.4, -0.2) is 140 Å². The molecule has 60 heavy (non-hydrogen) atoms. The van der Waals surface area contributed by atoms with Gasteiger partial charge in [0.05, 0.1) is 32.0 Å². The lowest BCUT2D eigenvalue weighted by Crippen LogP contribution is -2.65. The molecule has 9 N–H and O–H groups in total. The summed E-state index contributed by atoms with van der Waals surface area (Å²) in [4.78, 5) is 13.1. The van der Waals surface area contributed by atoms with Crippen LogP contribution in [0.4, 0.5) is 0 Å². The van der Waals surface area contributed by atoms with Gasteiger partial charge in [-0.05, 0) is 57.8 Å². The van der Waals surface area contributed by atoms with Gasteiger partial charge in [-0.25, -0.2) is 0 Å². The van der Waals surface area contributed by atoms with Gasteiger partial charge in [0.15, 0.2) is 12.6 Å². The van der Waals surface area contributed by atoms with Gasteiger partial charge < -0.3 is 65.1 Å². The Morgan fingerprint density at radius 2 is 1.13 bits per heavy atom. The summed E-state index contributed by atoms with van der Waals surface area (Å²) in [6.07, 6.45) is 20.4. The first kappa shape index (κ1) is 54.1. The van der Waals surface area contributed by atoms with Gasteiger partial charge in [0, 0.05) is 6.42 Å². The number of unbranched alkanes of at least 4 members (excludes halogenated alkanes) is 14. The van der Waals surface area contributed by atoms with E-state index >= 15 is 0 Å². The monoisotopic (exact) mass is 856 g/mol. The molecule has 2 rings (SSSR count). The maximum atomic E-state index is 13.1. The summed E-state index contributed by atoms with van der Waals surface area (Å²) in [7, 11) is 0. The summed E-state index contributed by atoms with van der Waals surface area (Å²) in [5.41, 5.74) is 0. The Bertz CT molecular complexity index is 1200. The molecule has 0 spiro atoms. The maximum absolute atomic E-state index is 13.1. The third-order valence-corrected chi connectivity index (χ3v) is 11.0. The first-order valence-electron chi connectivity index (χ1n) is 22.9. The van der Waals surface area contributed by atoms with Gasteiger partial charge in [-0.1, -0.05) is 127 Å². The van der Waals surface area contributed by atoms with Crippen LogP contribution in [0.25, 0.3) is 0 Å². The molecule has 2 fully saturated rings. The van der Waals surface area contributed by atoms with Gasteiger partial charge in [0.1, 0.15) is 48.8 Å². The zero-order chi connectivity index (χ0) is 44.0. The molecule has 0 aromatic rings. The smallest absolute Gasteiger partial charge is 0.220 e. The van der Waals surface area contributed by atoms with Crippen LogP contribution >= 0.6 is 0 Å². The molecule has 14 nitrogen and oxygen atoms in total. The van der Waals surface area contributed by atoms with E-state index in [1.165, 1.54) is 44.9 Å². The minimum Gasteiger partial charge on any atom is -0.394 e. The topological polar surface area (TPSA) is 228 Å². The number of carbonyl (C=O) groups excluding carboxylic acids is 1. The number of nitrogens with one attached hydrogen (secondary N) is 1. The molecule has 0 bridgehead atoms. The van der Waals surface area contributed by atoms with Crippen LogP contribution < -0.4 is 5.32 Å². The largest absolute Gasteiger partial charge is 0.394 e. The Morgan fingerprint density at radius 3 is 1.78 bits per heavy atom. The first-order chi connectivity index (χ1) is 29.1. The Morgan fingerprint density at radius 1 is 0.600 bits per heavy atom. The minimum absolute atomic E-state index is 0.262. The second-order valence-electron chi connectivity index (χ2n) is 16.2. The highest BCUT2D eigenvalue weighted by Gasteiger charge is 2.50. The van der Waals surface area contributed by atoms with E-state index in [0.29, 0.717) is 12.8 Å². The molecular formula is C46H81NO13. The number of carbonyl (C=O) groups is 1. The molecule has 348 valence electrons. The third kappa shape index (κ3) is 21.4. The van der Waals surface area contributed by atoms with E-state index in [2.05, 4.69) is 55.6 Å². The van der Waals surface area contributed by atoms with Gasteiger partial charge >= 0.3 is 0 Å². The fourth-order valence-electron chi connectivity index (χ4n) is 7.14. The van der Waals surface area contributed by atoms with Crippen molar-refractivity contribution in [3.8, 4) is 0 Å². The van der Waals surface area contributed by atoms with Crippen molar-refractivity contribution >= 4 is 5.91 Å². The molecule has 2 aliphatic heterocycles. The van der Waals surface area contributed by atoms with E-state index in [-0.39, 0.29) is 18.9 Å². The zero-order valence-electron chi connectivity index (χ0n) is 36.4. The second kappa shape index (κ2) is 33.5. The SMILES string of the molecule is CCCC/C=C/CC/C=C/C(O)C(COC1OC(CO)C(OC2OC(CO)C(O)C(O)C2O)C(O)C1O)NC(=O)CCCCCCCCC/C=C\C/C=C\CCCCCC. The number of rotatable bonds is 33. The van der Waals surface area contributed by atoms with E-state index in [0.717, 1.165) is 64.2 Å². The van der Waals surface area contributed by atoms with Crippen molar-refractivity contribution in [1.82, 2.24) is 5.32 Å². The predicted molar refractivity (Wildman–Crippen MR) is 231 cm³/mol. The van der Waals surface area contributed by atoms with Crippen molar-refractivity contribution < 1.29 is 64.6 Å². The zero-order valence-corrected chi connectivity index (χ0v) is 36.4. The molecule has 12 unspecified atom stereocenters. The maximum Gasteiger partial charge on any atom is 0.220 e. The van der Waals surface area contributed by atoms with Crippen LogP contribution in [0.3, 0.4) is 0 Å². The summed E-state index contributed by atoms with van der Waals surface area (Å²) in [6.45, 7) is 2.63. The quantitative estimate of drug-likeness (QED) is 0.0327. The molecule has 0 aromatic carbocycles. The Balaban J connectivity index is 1.85. The Kier molecular flexibility index (Phi) is 30.2. The number of aliphatic hydroxyl groups is 8. The van der Waals surface area contributed by atoms with Crippen molar-refractivity contribution in [3.05, 3.63) is 48.6 Å². The predicted octanol–water partition coefficient (Wildman–Crippen LogP) is 4.54. The van der Waals surface area contributed by atoms with Crippen molar-refractivity contribution in [2.75, 3.05) is 19.8 Å². The molecular weight excluding hydrogens is 774 g/mol. The summed E-state index contributed by atoms with van der Waals surface area (Å²) >= 11 is 0. The van der Waals surface area contributed by atoms with Gasteiger partial charge in [-0.3, -0.25) is 4.79 Å². The number of ether oxygens (including phenoxy) is 4. The molecule has 0 saturated carbocycles. The van der Waals surface area contributed by atoms with E-state index in [1.54, 1.807) is 6.08 Å². The summed E-state index contributed by atoms with van der Waals surface area (Å²) in [5.74, 6) is -0.264. The highest BCUT2D eigenvalue weighted by Crippen LogP contribution is 2.30. The Hall–Kier alpha value is -2.05.